The van der Waals surface area contributed by atoms with E-state index in [4.69, 9.17) is 16.3 Å². The Morgan fingerprint density at radius 2 is 2.10 bits per heavy atom. The second-order valence-electron chi connectivity index (χ2n) is 7.48. The summed E-state index contributed by atoms with van der Waals surface area (Å²) in [6.07, 6.45) is 9.10. The highest BCUT2D eigenvalue weighted by atomic mass is 35.5. The van der Waals surface area contributed by atoms with Gasteiger partial charge in [0, 0.05) is 18.7 Å². The van der Waals surface area contributed by atoms with Crippen LogP contribution >= 0.6 is 11.6 Å². The molecule has 0 spiro atoms. The van der Waals surface area contributed by atoms with Crippen LogP contribution in [0.3, 0.4) is 0 Å². The van der Waals surface area contributed by atoms with Crippen LogP contribution in [0.4, 0.5) is 0 Å². The predicted octanol–water partition coefficient (Wildman–Crippen LogP) is 5.00. The number of benzene rings is 1. The molecule has 0 bridgehead atoms. The summed E-state index contributed by atoms with van der Waals surface area (Å²) in [5, 5.41) is 0.207. The SMILES string of the molecule is CCCCn1cnc2cc(-c3nc(Cl)nc4c3ncn4C3CCCCO3)ccc21. The van der Waals surface area contributed by atoms with Crippen LogP contribution in [0.15, 0.2) is 30.9 Å². The van der Waals surface area contributed by atoms with Crippen LogP contribution in [0.2, 0.25) is 5.28 Å². The molecule has 0 N–H and O–H groups in total. The Morgan fingerprint density at radius 1 is 1.17 bits per heavy atom. The molecule has 0 amide bonds. The maximum atomic E-state index is 6.30. The smallest absolute Gasteiger partial charge is 0.225 e. The molecule has 1 aliphatic rings. The zero-order chi connectivity index (χ0) is 19.8. The summed E-state index contributed by atoms with van der Waals surface area (Å²) in [5.41, 5.74) is 5.16. The fourth-order valence-electron chi connectivity index (χ4n) is 3.96. The number of unbranched alkanes of at least 4 members (excludes halogenated alkanes) is 1. The summed E-state index contributed by atoms with van der Waals surface area (Å²) < 4.78 is 10.1. The zero-order valence-corrected chi connectivity index (χ0v) is 17.1. The third-order valence-corrected chi connectivity index (χ3v) is 5.68. The zero-order valence-electron chi connectivity index (χ0n) is 16.4. The number of hydrogen-bond acceptors (Lipinski definition) is 5. The van der Waals surface area contributed by atoms with Crippen LogP contribution in [0, 0.1) is 0 Å². The van der Waals surface area contributed by atoms with Crippen LogP contribution in [0.1, 0.15) is 45.3 Å². The molecule has 1 atom stereocenters. The molecular weight excluding hydrogens is 388 g/mol. The highest BCUT2D eigenvalue weighted by Crippen LogP contribution is 2.32. The number of ether oxygens (including phenoxy) is 1. The van der Waals surface area contributed by atoms with Gasteiger partial charge in [-0.05, 0) is 49.4 Å². The Hall–Kier alpha value is -2.51. The van der Waals surface area contributed by atoms with Crippen molar-refractivity contribution in [2.75, 3.05) is 6.61 Å². The highest BCUT2D eigenvalue weighted by molar-refractivity contribution is 6.28. The average molecular weight is 411 g/mol. The molecule has 5 rings (SSSR count). The molecule has 8 heteroatoms. The summed E-state index contributed by atoms with van der Waals surface area (Å²) in [6, 6.07) is 6.20. The summed E-state index contributed by atoms with van der Waals surface area (Å²) in [5.74, 6) is 0. The molecule has 29 heavy (non-hydrogen) atoms. The molecule has 0 aliphatic carbocycles. The number of nitrogens with zero attached hydrogens (tertiary/aromatic N) is 6. The van der Waals surface area contributed by atoms with E-state index in [2.05, 4.69) is 43.6 Å². The third-order valence-electron chi connectivity index (χ3n) is 5.51. The van der Waals surface area contributed by atoms with Crippen molar-refractivity contribution in [3.63, 3.8) is 0 Å². The van der Waals surface area contributed by atoms with Gasteiger partial charge in [0.1, 0.15) is 17.4 Å². The van der Waals surface area contributed by atoms with Crippen molar-refractivity contribution in [3.8, 4) is 11.3 Å². The van der Waals surface area contributed by atoms with Gasteiger partial charge in [-0.25, -0.2) is 15.0 Å². The van der Waals surface area contributed by atoms with Gasteiger partial charge in [-0.1, -0.05) is 19.4 Å². The van der Waals surface area contributed by atoms with Crippen molar-refractivity contribution in [3.05, 3.63) is 36.1 Å². The summed E-state index contributed by atoms with van der Waals surface area (Å²) in [7, 11) is 0. The van der Waals surface area contributed by atoms with Crippen molar-refractivity contribution < 1.29 is 4.74 Å². The standard InChI is InChI=1S/C21H23ClN6O/c1-2-3-9-27-12-23-15-11-14(7-8-16(15)27)18-19-20(26-21(22)25-18)28(13-24-19)17-6-4-5-10-29-17/h7-8,11-13,17H,2-6,9-10H2,1H3. The van der Waals surface area contributed by atoms with Gasteiger partial charge in [-0.3, -0.25) is 4.57 Å². The van der Waals surface area contributed by atoms with Crippen molar-refractivity contribution in [2.24, 2.45) is 0 Å². The van der Waals surface area contributed by atoms with Crippen LogP contribution in [0.5, 0.6) is 0 Å². The van der Waals surface area contributed by atoms with E-state index in [1.165, 1.54) is 0 Å². The van der Waals surface area contributed by atoms with E-state index in [-0.39, 0.29) is 11.5 Å². The molecule has 3 aromatic heterocycles. The summed E-state index contributed by atoms with van der Waals surface area (Å²) in [6.45, 7) is 3.92. The minimum Gasteiger partial charge on any atom is -0.358 e. The van der Waals surface area contributed by atoms with Crippen molar-refractivity contribution >= 4 is 33.8 Å². The van der Waals surface area contributed by atoms with E-state index in [0.717, 1.165) is 73.1 Å². The van der Waals surface area contributed by atoms with Gasteiger partial charge in [0.15, 0.2) is 5.65 Å². The molecule has 1 unspecified atom stereocenters. The number of halogens is 1. The lowest BCUT2D eigenvalue weighted by atomic mass is 10.1. The van der Waals surface area contributed by atoms with E-state index >= 15 is 0 Å². The molecule has 7 nitrogen and oxygen atoms in total. The number of aryl methyl sites for hydroxylation is 1. The first-order chi connectivity index (χ1) is 14.2. The van der Waals surface area contributed by atoms with E-state index in [9.17, 15) is 0 Å². The second kappa shape index (κ2) is 7.72. The fourth-order valence-corrected chi connectivity index (χ4v) is 4.13. The largest absolute Gasteiger partial charge is 0.358 e. The normalized spacial score (nSPS) is 17.4. The monoisotopic (exact) mass is 410 g/mol. The van der Waals surface area contributed by atoms with Gasteiger partial charge >= 0.3 is 0 Å². The molecule has 0 saturated carbocycles. The number of aromatic nitrogens is 6. The fraction of sp³-hybridized carbons (Fsp3) is 0.429. The Bertz CT molecular complexity index is 1160. The number of hydrogen-bond donors (Lipinski definition) is 0. The second-order valence-corrected chi connectivity index (χ2v) is 7.82. The molecule has 1 fully saturated rings. The Labute approximate surface area is 173 Å². The molecule has 0 radical (unpaired) electrons. The quantitative estimate of drug-likeness (QED) is 0.433. The Kier molecular flexibility index (Phi) is 4.93. The predicted molar refractivity (Wildman–Crippen MR) is 113 cm³/mol. The van der Waals surface area contributed by atoms with Crippen molar-refractivity contribution in [1.29, 1.82) is 0 Å². The molecule has 150 valence electrons. The lowest BCUT2D eigenvalue weighted by molar-refractivity contribution is -0.0298. The number of rotatable bonds is 5. The van der Waals surface area contributed by atoms with Gasteiger partial charge in [0.25, 0.3) is 0 Å². The summed E-state index contributed by atoms with van der Waals surface area (Å²) >= 11 is 6.30. The number of imidazole rings is 2. The van der Waals surface area contributed by atoms with Crippen LogP contribution in [0.25, 0.3) is 33.5 Å². The van der Waals surface area contributed by atoms with Gasteiger partial charge < -0.3 is 9.30 Å². The third kappa shape index (κ3) is 3.38. The molecule has 4 aromatic rings. The van der Waals surface area contributed by atoms with Crippen LogP contribution in [-0.2, 0) is 11.3 Å². The molecule has 4 heterocycles. The van der Waals surface area contributed by atoms with Gasteiger partial charge in [-0.15, -0.1) is 0 Å². The van der Waals surface area contributed by atoms with Crippen molar-refractivity contribution in [2.45, 2.75) is 51.8 Å². The first kappa shape index (κ1) is 18.5. The highest BCUT2D eigenvalue weighted by Gasteiger charge is 2.21. The van der Waals surface area contributed by atoms with Crippen LogP contribution < -0.4 is 0 Å². The molecule has 1 saturated heterocycles. The van der Waals surface area contributed by atoms with Gasteiger partial charge in [0.2, 0.25) is 5.28 Å². The van der Waals surface area contributed by atoms with E-state index in [1.54, 1.807) is 6.33 Å². The van der Waals surface area contributed by atoms with E-state index in [0.29, 0.717) is 5.65 Å². The Balaban J connectivity index is 1.58. The maximum Gasteiger partial charge on any atom is 0.225 e. The summed E-state index contributed by atoms with van der Waals surface area (Å²) in [4.78, 5) is 18.1. The average Bonchev–Trinajstić information content (AvgIpc) is 3.36. The molecule has 1 aliphatic heterocycles. The topological polar surface area (TPSA) is 70.7 Å². The molecule has 1 aromatic carbocycles. The first-order valence-corrected chi connectivity index (χ1v) is 10.6. The van der Waals surface area contributed by atoms with Gasteiger partial charge in [0.05, 0.1) is 23.7 Å². The van der Waals surface area contributed by atoms with E-state index in [1.807, 2.05) is 17.0 Å². The lowest BCUT2D eigenvalue weighted by Gasteiger charge is -2.23. The van der Waals surface area contributed by atoms with Crippen molar-refractivity contribution in [1.82, 2.24) is 29.1 Å². The minimum atomic E-state index is -0.0516. The lowest BCUT2D eigenvalue weighted by Crippen LogP contribution is -2.17. The number of fused-ring (bicyclic) bond motifs is 2. The maximum absolute atomic E-state index is 6.30. The van der Waals surface area contributed by atoms with E-state index < -0.39 is 0 Å². The first-order valence-electron chi connectivity index (χ1n) is 10.2. The van der Waals surface area contributed by atoms with Crippen LogP contribution in [-0.4, -0.2) is 35.7 Å². The molecular formula is C21H23ClN6O. The Morgan fingerprint density at radius 3 is 2.93 bits per heavy atom. The van der Waals surface area contributed by atoms with Gasteiger partial charge in [-0.2, -0.15) is 4.98 Å². The minimum absolute atomic E-state index is 0.0516.